The lowest BCUT2D eigenvalue weighted by atomic mass is 10.2. The maximum Gasteiger partial charge on any atom is 0.303 e. The molecule has 1 amide bonds. The molecule has 0 fully saturated rings. The van der Waals surface area contributed by atoms with Gasteiger partial charge in [-0.25, -0.2) is 4.98 Å². The second-order valence-electron chi connectivity index (χ2n) is 4.11. The van der Waals surface area contributed by atoms with Crippen LogP contribution in [0.1, 0.15) is 46.1 Å². The van der Waals surface area contributed by atoms with Crippen LogP contribution in [0.3, 0.4) is 0 Å². The van der Waals surface area contributed by atoms with Crippen LogP contribution >= 0.6 is 11.3 Å². The van der Waals surface area contributed by atoms with E-state index in [2.05, 4.69) is 10.3 Å². The Labute approximate surface area is 110 Å². The average Bonchev–Trinajstić information content (AvgIpc) is 2.62. The van der Waals surface area contributed by atoms with Gasteiger partial charge in [0.2, 0.25) is 0 Å². The molecular weight excluding hydrogens is 252 g/mol. The highest BCUT2D eigenvalue weighted by molar-refractivity contribution is 7.13. The van der Waals surface area contributed by atoms with Gasteiger partial charge in [-0.2, -0.15) is 0 Å². The zero-order chi connectivity index (χ0) is 13.5. The molecule has 0 radical (unpaired) electrons. The number of thiazole rings is 1. The summed E-state index contributed by atoms with van der Waals surface area (Å²) in [4.78, 5) is 26.9. The van der Waals surface area contributed by atoms with E-state index >= 15 is 0 Å². The number of carbonyl (C=O) groups is 2. The number of rotatable bonds is 7. The lowest BCUT2D eigenvalue weighted by Crippen LogP contribution is -2.24. The molecule has 18 heavy (non-hydrogen) atoms. The third kappa shape index (κ3) is 4.83. The number of hydrogen-bond acceptors (Lipinski definition) is 4. The van der Waals surface area contributed by atoms with E-state index in [1.165, 1.54) is 11.3 Å². The molecule has 0 saturated carbocycles. The van der Waals surface area contributed by atoms with Crippen LogP contribution in [0.2, 0.25) is 0 Å². The molecule has 1 heterocycles. The van der Waals surface area contributed by atoms with E-state index in [1.807, 2.05) is 13.8 Å². The Morgan fingerprint density at radius 1 is 1.28 bits per heavy atom. The minimum atomic E-state index is -0.769. The van der Waals surface area contributed by atoms with Crippen molar-refractivity contribution < 1.29 is 14.7 Å². The highest BCUT2D eigenvalue weighted by Gasteiger charge is 2.12. The molecule has 1 rings (SSSR count). The van der Waals surface area contributed by atoms with E-state index in [-0.39, 0.29) is 12.3 Å². The van der Waals surface area contributed by atoms with Gasteiger partial charge in [0.05, 0.1) is 10.7 Å². The molecule has 0 bridgehead atoms. The van der Waals surface area contributed by atoms with Crippen molar-refractivity contribution in [3.63, 3.8) is 0 Å². The average molecular weight is 270 g/mol. The quantitative estimate of drug-likeness (QED) is 0.744. The molecule has 0 unspecified atom stereocenters. The Kier molecular flexibility index (Phi) is 5.77. The monoisotopic (exact) mass is 270 g/mol. The summed E-state index contributed by atoms with van der Waals surface area (Å²) >= 11 is 1.39. The molecule has 0 aliphatic carbocycles. The van der Waals surface area contributed by atoms with Gasteiger partial charge in [-0.1, -0.05) is 6.42 Å². The topological polar surface area (TPSA) is 79.3 Å². The molecule has 1 aromatic heterocycles. The Morgan fingerprint density at radius 3 is 2.56 bits per heavy atom. The first-order valence-corrected chi connectivity index (χ1v) is 6.76. The zero-order valence-electron chi connectivity index (χ0n) is 10.7. The Bertz CT molecular complexity index is 429. The van der Waals surface area contributed by atoms with E-state index in [9.17, 15) is 9.59 Å². The van der Waals surface area contributed by atoms with Crippen molar-refractivity contribution in [3.8, 4) is 0 Å². The van der Waals surface area contributed by atoms with Crippen molar-refractivity contribution in [1.82, 2.24) is 10.3 Å². The van der Waals surface area contributed by atoms with Gasteiger partial charge in [-0.3, -0.25) is 9.59 Å². The number of nitrogens with one attached hydrogen (secondary N) is 1. The number of aromatic nitrogens is 1. The molecular formula is C12H18N2O3S. The number of aliphatic carboxylic acids is 1. The van der Waals surface area contributed by atoms with Crippen molar-refractivity contribution in [2.45, 2.75) is 39.5 Å². The summed E-state index contributed by atoms with van der Waals surface area (Å²) in [6.45, 7) is 4.28. The lowest BCUT2D eigenvalue weighted by molar-refractivity contribution is -0.137. The van der Waals surface area contributed by atoms with Crippen molar-refractivity contribution in [3.05, 3.63) is 15.6 Å². The summed E-state index contributed by atoms with van der Waals surface area (Å²) in [7, 11) is 0. The highest BCUT2D eigenvalue weighted by atomic mass is 32.1. The fourth-order valence-electron chi connectivity index (χ4n) is 1.60. The second-order valence-corrected chi connectivity index (χ2v) is 5.31. The fourth-order valence-corrected chi connectivity index (χ4v) is 2.44. The minimum Gasteiger partial charge on any atom is -0.481 e. The first-order chi connectivity index (χ1) is 8.50. The molecule has 2 N–H and O–H groups in total. The summed E-state index contributed by atoms with van der Waals surface area (Å²) in [5.74, 6) is -0.855. The van der Waals surface area contributed by atoms with Gasteiger partial charge >= 0.3 is 5.97 Å². The van der Waals surface area contributed by atoms with Gasteiger partial charge in [0, 0.05) is 13.0 Å². The molecule has 100 valence electrons. The maximum absolute atomic E-state index is 11.8. The van der Waals surface area contributed by atoms with Crippen LogP contribution in [-0.2, 0) is 4.79 Å². The van der Waals surface area contributed by atoms with Crippen molar-refractivity contribution in [2.75, 3.05) is 6.54 Å². The number of unbranched alkanes of at least 4 members (excludes halogenated alkanes) is 2. The molecule has 0 spiro atoms. The van der Waals surface area contributed by atoms with Crippen molar-refractivity contribution in [1.29, 1.82) is 0 Å². The summed E-state index contributed by atoms with van der Waals surface area (Å²) in [6.07, 6.45) is 2.47. The van der Waals surface area contributed by atoms with E-state index in [0.29, 0.717) is 17.8 Å². The highest BCUT2D eigenvalue weighted by Crippen LogP contribution is 2.16. The predicted octanol–water partition coefficient (Wildman–Crippen LogP) is 2.13. The molecule has 5 nitrogen and oxygen atoms in total. The normalized spacial score (nSPS) is 10.3. The summed E-state index contributed by atoms with van der Waals surface area (Å²) in [6, 6.07) is 0. The van der Waals surface area contributed by atoms with Gasteiger partial charge in [-0.05, 0) is 26.7 Å². The Hall–Kier alpha value is -1.43. The zero-order valence-corrected chi connectivity index (χ0v) is 11.5. The number of carboxylic acids is 1. The van der Waals surface area contributed by atoms with Gasteiger partial charge in [0.25, 0.3) is 5.91 Å². The standard InChI is InChI=1S/C12H18N2O3S/c1-8-11(18-9(2)14-8)12(17)13-7-5-3-4-6-10(15)16/h3-7H2,1-2H3,(H,13,17)(H,15,16). The van der Waals surface area contributed by atoms with E-state index in [0.717, 1.165) is 23.5 Å². The number of aryl methyl sites for hydroxylation is 2. The number of amides is 1. The van der Waals surface area contributed by atoms with E-state index < -0.39 is 5.97 Å². The van der Waals surface area contributed by atoms with Crippen LogP contribution in [0.15, 0.2) is 0 Å². The molecule has 1 aromatic rings. The largest absolute Gasteiger partial charge is 0.481 e. The number of nitrogens with zero attached hydrogens (tertiary/aromatic N) is 1. The van der Waals surface area contributed by atoms with Gasteiger partial charge in [0.15, 0.2) is 0 Å². The fraction of sp³-hybridized carbons (Fsp3) is 0.583. The van der Waals surface area contributed by atoms with Crippen LogP contribution in [0.25, 0.3) is 0 Å². The second kappa shape index (κ2) is 7.10. The van der Waals surface area contributed by atoms with Gasteiger partial charge < -0.3 is 10.4 Å². The van der Waals surface area contributed by atoms with Gasteiger partial charge in [-0.15, -0.1) is 11.3 Å². The SMILES string of the molecule is Cc1nc(C)c(C(=O)NCCCCCC(=O)O)s1. The third-order valence-electron chi connectivity index (χ3n) is 2.46. The van der Waals surface area contributed by atoms with Crippen LogP contribution < -0.4 is 5.32 Å². The summed E-state index contributed by atoms with van der Waals surface area (Å²) in [5.41, 5.74) is 0.765. The number of hydrogen-bond donors (Lipinski definition) is 2. The van der Waals surface area contributed by atoms with Crippen LogP contribution in [0.5, 0.6) is 0 Å². The minimum absolute atomic E-state index is 0.0867. The predicted molar refractivity (Wildman–Crippen MR) is 70.0 cm³/mol. The molecule has 0 atom stereocenters. The van der Waals surface area contributed by atoms with Crippen LogP contribution in [-0.4, -0.2) is 28.5 Å². The molecule has 0 aliphatic rings. The van der Waals surface area contributed by atoms with E-state index in [4.69, 9.17) is 5.11 Å². The lowest BCUT2D eigenvalue weighted by Gasteiger charge is -2.03. The van der Waals surface area contributed by atoms with Crippen molar-refractivity contribution >= 4 is 23.2 Å². The Balaban J connectivity index is 2.22. The smallest absolute Gasteiger partial charge is 0.303 e. The Morgan fingerprint density at radius 2 is 2.00 bits per heavy atom. The maximum atomic E-state index is 11.8. The van der Waals surface area contributed by atoms with Gasteiger partial charge in [0.1, 0.15) is 4.88 Å². The third-order valence-corrected chi connectivity index (χ3v) is 3.53. The van der Waals surface area contributed by atoms with Crippen LogP contribution in [0.4, 0.5) is 0 Å². The number of carbonyl (C=O) groups excluding carboxylic acids is 1. The molecule has 0 aromatic carbocycles. The summed E-state index contributed by atoms with van der Waals surface area (Å²) in [5, 5.41) is 12.2. The molecule has 0 aliphatic heterocycles. The first kappa shape index (κ1) is 14.6. The van der Waals surface area contributed by atoms with E-state index in [1.54, 1.807) is 0 Å². The molecule has 6 heteroatoms. The number of carboxylic acid groups (broad SMARTS) is 1. The first-order valence-electron chi connectivity index (χ1n) is 5.94. The van der Waals surface area contributed by atoms with Crippen LogP contribution in [0, 0.1) is 13.8 Å². The summed E-state index contributed by atoms with van der Waals surface area (Å²) < 4.78 is 0. The van der Waals surface area contributed by atoms with Crippen molar-refractivity contribution in [2.24, 2.45) is 0 Å². The molecule has 0 saturated heterocycles.